The van der Waals surface area contributed by atoms with Crippen LogP contribution in [0.1, 0.15) is 51.2 Å². The monoisotopic (exact) mass is 231 g/mol. The van der Waals surface area contributed by atoms with Crippen LogP contribution in [0.25, 0.3) is 0 Å². The van der Waals surface area contributed by atoms with Crippen LogP contribution < -0.4 is 4.90 Å². The van der Waals surface area contributed by atoms with Gasteiger partial charge in [-0.1, -0.05) is 32.9 Å². The van der Waals surface area contributed by atoms with Crippen LogP contribution in [0.15, 0.2) is 18.2 Å². The van der Waals surface area contributed by atoms with Crippen molar-refractivity contribution in [2.24, 2.45) is 0 Å². The standard InChI is InChI=1S/C16H25N/c1-5-16(3,6-2)14-9-10-15-13(12-14)8-7-11-17(15)4/h9-10,12H,5-8,11H2,1-4H3. The van der Waals surface area contributed by atoms with Crippen LogP contribution in [0, 0.1) is 0 Å². The van der Waals surface area contributed by atoms with E-state index in [1.807, 2.05) is 0 Å². The van der Waals surface area contributed by atoms with Crippen LogP contribution in [0.2, 0.25) is 0 Å². The highest BCUT2D eigenvalue weighted by atomic mass is 15.1. The molecule has 0 aliphatic carbocycles. The van der Waals surface area contributed by atoms with Gasteiger partial charge < -0.3 is 4.90 Å². The molecule has 0 fully saturated rings. The molecule has 0 atom stereocenters. The summed E-state index contributed by atoms with van der Waals surface area (Å²) < 4.78 is 0. The average molecular weight is 231 g/mol. The Balaban J connectivity index is 2.39. The van der Waals surface area contributed by atoms with E-state index in [1.165, 1.54) is 43.5 Å². The van der Waals surface area contributed by atoms with Crippen molar-refractivity contribution in [1.29, 1.82) is 0 Å². The third-order valence-corrected chi connectivity index (χ3v) is 4.69. The van der Waals surface area contributed by atoms with Crippen LogP contribution in [0.4, 0.5) is 5.69 Å². The van der Waals surface area contributed by atoms with Crippen molar-refractivity contribution in [2.45, 2.75) is 51.9 Å². The molecule has 0 spiro atoms. The first-order valence-electron chi connectivity index (χ1n) is 6.95. The third-order valence-electron chi connectivity index (χ3n) is 4.69. The van der Waals surface area contributed by atoms with Gasteiger partial charge >= 0.3 is 0 Å². The quantitative estimate of drug-likeness (QED) is 0.755. The summed E-state index contributed by atoms with van der Waals surface area (Å²) in [5, 5.41) is 0. The summed E-state index contributed by atoms with van der Waals surface area (Å²) in [6, 6.07) is 7.12. The van der Waals surface area contributed by atoms with Gasteiger partial charge in [0.15, 0.2) is 0 Å². The number of nitrogens with zero attached hydrogens (tertiary/aromatic N) is 1. The first-order valence-corrected chi connectivity index (χ1v) is 6.95. The molecule has 0 saturated carbocycles. The summed E-state index contributed by atoms with van der Waals surface area (Å²) in [4.78, 5) is 2.39. The second-order valence-electron chi connectivity index (χ2n) is 5.64. The van der Waals surface area contributed by atoms with Crippen molar-refractivity contribution >= 4 is 5.69 Å². The predicted octanol–water partition coefficient (Wildman–Crippen LogP) is 4.15. The van der Waals surface area contributed by atoms with Gasteiger partial charge in [-0.2, -0.15) is 0 Å². The predicted molar refractivity (Wildman–Crippen MR) is 76.0 cm³/mol. The summed E-state index contributed by atoms with van der Waals surface area (Å²) in [5.74, 6) is 0. The maximum atomic E-state index is 2.46. The van der Waals surface area contributed by atoms with E-state index in [0.717, 1.165) is 0 Å². The molecule has 1 heterocycles. The van der Waals surface area contributed by atoms with Gasteiger partial charge in [0.25, 0.3) is 0 Å². The summed E-state index contributed by atoms with van der Waals surface area (Å²) in [6.45, 7) is 8.19. The molecule has 1 aromatic carbocycles. The number of aryl methyl sites for hydroxylation is 1. The number of hydrogen-bond donors (Lipinski definition) is 0. The zero-order valence-corrected chi connectivity index (χ0v) is 11.7. The van der Waals surface area contributed by atoms with Gasteiger partial charge in [-0.25, -0.2) is 0 Å². The molecule has 1 aliphatic rings. The molecule has 0 unspecified atom stereocenters. The lowest BCUT2D eigenvalue weighted by molar-refractivity contribution is 0.438. The van der Waals surface area contributed by atoms with E-state index in [4.69, 9.17) is 0 Å². The van der Waals surface area contributed by atoms with Gasteiger partial charge in [0.05, 0.1) is 0 Å². The molecule has 0 saturated heterocycles. The number of hydrogen-bond acceptors (Lipinski definition) is 1. The maximum absolute atomic E-state index is 2.46. The normalized spacial score (nSPS) is 15.9. The Hall–Kier alpha value is -0.980. The fourth-order valence-electron chi connectivity index (χ4n) is 2.82. The van der Waals surface area contributed by atoms with E-state index < -0.39 is 0 Å². The lowest BCUT2D eigenvalue weighted by atomic mass is 9.77. The fourth-order valence-corrected chi connectivity index (χ4v) is 2.82. The Morgan fingerprint density at radius 1 is 1.24 bits per heavy atom. The first-order chi connectivity index (χ1) is 8.10. The Morgan fingerprint density at radius 3 is 2.59 bits per heavy atom. The van der Waals surface area contributed by atoms with E-state index in [2.05, 4.69) is 50.9 Å². The SMILES string of the molecule is CCC(C)(CC)c1ccc2c(c1)CCCN2C. The molecule has 17 heavy (non-hydrogen) atoms. The van der Waals surface area contributed by atoms with E-state index >= 15 is 0 Å². The largest absolute Gasteiger partial charge is 0.374 e. The molecule has 0 aromatic heterocycles. The molecule has 2 rings (SSSR count). The Labute approximate surface area is 106 Å². The van der Waals surface area contributed by atoms with Crippen molar-refractivity contribution < 1.29 is 0 Å². The van der Waals surface area contributed by atoms with Crippen molar-refractivity contribution in [3.63, 3.8) is 0 Å². The highest BCUT2D eigenvalue weighted by Gasteiger charge is 2.24. The smallest absolute Gasteiger partial charge is 0.0396 e. The molecule has 1 aliphatic heterocycles. The third kappa shape index (κ3) is 2.20. The number of fused-ring (bicyclic) bond motifs is 1. The Kier molecular flexibility index (Phi) is 3.46. The Morgan fingerprint density at radius 2 is 1.94 bits per heavy atom. The zero-order chi connectivity index (χ0) is 12.5. The van der Waals surface area contributed by atoms with E-state index in [1.54, 1.807) is 5.56 Å². The van der Waals surface area contributed by atoms with Crippen LogP contribution >= 0.6 is 0 Å². The van der Waals surface area contributed by atoms with Gasteiger partial charge in [0, 0.05) is 19.3 Å². The highest BCUT2D eigenvalue weighted by molar-refractivity contribution is 5.57. The molecule has 0 N–H and O–H groups in total. The van der Waals surface area contributed by atoms with Crippen LogP contribution in [0.3, 0.4) is 0 Å². The van der Waals surface area contributed by atoms with Crippen molar-refractivity contribution in [2.75, 3.05) is 18.5 Å². The topological polar surface area (TPSA) is 3.24 Å². The van der Waals surface area contributed by atoms with Crippen LogP contribution in [0.5, 0.6) is 0 Å². The van der Waals surface area contributed by atoms with Crippen LogP contribution in [-0.4, -0.2) is 13.6 Å². The van der Waals surface area contributed by atoms with Gasteiger partial charge in [0.2, 0.25) is 0 Å². The molecule has 94 valence electrons. The summed E-state index contributed by atoms with van der Waals surface area (Å²) in [5.41, 5.74) is 4.86. The molecule has 1 aromatic rings. The molecule has 0 amide bonds. The van der Waals surface area contributed by atoms with Crippen molar-refractivity contribution in [3.8, 4) is 0 Å². The maximum Gasteiger partial charge on any atom is 0.0396 e. The summed E-state index contributed by atoms with van der Waals surface area (Å²) >= 11 is 0. The number of anilines is 1. The summed E-state index contributed by atoms with van der Waals surface area (Å²) in [6.07, 6.45) is 4.98. The first kappa shape index (κ1) is 12.5. The van der Waals surface area contributed by atoms with Gasteiger partial charge in [-0.15, -0.1) is 0 Å². The minimum atomic E-state index is 0.352. The van der Waals surface area contributed by atoms with Gasteiger partial charge in [-0.05, 0) is 48.3 Å². The van der Waals surface area contributed by atoms with Crippen molar-refractivity contribution in [1.82, 2.24) is 0 Å². The lowest BCUT2D eigenvalue weighted by Crippen LogP contribution is -2.26. The molecule has 0 radical (unpaired) electrons. The fraction of sp³-hybridized carbons (Fsp3) is 0.625. The molecular weight excluding hydrogens is 206 g/mol. The molecule has 1 heteroatoms. The second-order valence-corrected chi connectivity index (χ2v) is 5.64. The zero-order valence-electron chi connectivity index (χ0n) is 11.7. The van der Waals surface area contributed by atoms with Gasteiger partial charge in [-0.3, -0.25) is 0 Å². The average Bonchev–Trinajstić information content (AvgIpc) is 2.37. The van der Waals surface area contributed by atoms with Crippen LogP contribution in [-0.2, 0) is 11.8 Å². The van der Waals surface area contributed by atoms with E-state index in [0.29, 0.717) is 5.41 Å². The number of rotatable bonds is 3. The van der Waals surface area contributed by atoms with E-state index in [-0.39, 0.29) is 0 Å². The highest BCUT2D eigenvalue weighted by Crippen LogP contribution is 2.35. The molecule has 1 nitrogen and oxygen atoms in total. The molecule has 0 bridgehead atoms. The second kappa shape index (κ2) is 4.72. The Bertz CT molecular complexity index is 391. The van der Waals surface area contributed by atoms with E-state index in [9.17, 15) is 0 Å². The number of benzene rings is 1. The lowest BCUT2D eigenvalue weighted by Gasteiger charge is -2.32. The minimum absolute atomic E-state index is 0.352. The molecular formula is C16H25N. The van der Waals surface area contributed by atoms with Gasteiger partial charge in [0.1, 0.15) is 0 Å². The summed E-state index contributed by atoms with van der Waals surface area (Å²) in [7, 11) is 2.20. The van der Waals surface area contributed by atoms with Crippen molar-refractivity contribution in [3.05, 3.63) is 29.3 Å². The minimum Gasteiger partial charge on any atom is -0.374 e.